The first kappa shape index (κ1) is 22.0. The fourth-order valence-corrected chi connectivity index (χ4v) is 3.67. The summed E-state index contributed by atoms with van der Waals surface area (Å²) < 4.78 is 0. The number of aromatic nitrogens is 1. The Bertz CT molecular complexity index is 706. The normalized spacial score (nSPS) is 20.9. The molecule has 1 aliphatic rings. The van der Waals surface area contributed by atoms with Gasteiger partial charge in [-0.15, -0.1) is 24.0 Å². The molecule has 0 saturated carbocycles. The van der Waals surface area contributed by atoms with Crippen LogP contribution in [0.3, 0.4) is 0 Å². The molecule has 6 heteroatoms. The van der Waals surface area contributed by atoms with Crippen LogP contribution >= 0.6 is 24.0 Å². The largest absolute Gasteiger partial charge is 0.358 e. The summed E-state index contributed by atoms with van der Waals surface area (Å²) in [5.41, 5.74) is 2.44. The molecular weight excluding hydrogens is 449 g/mol. The third kappa shape index (κ3) is 5.85. The molecule has 3 rings (SSSR count). The number of rotatable bonds is 6. The molecule has 0 bridgehead atoms. The predicted octanol–water partition coefficient (Wildman–Crippen LogP) is 3.61. The molecule has 0 radical (unpaired) electrons. The second-order valence-corrected chi connectivity index (χ2v) is 7.67. The lowest BCUT2D eigenvalue weighted by Crippen LogP contribution is -2.47. The van der Waals surface area contributed by atoms with Gasteiger partial charge in [0, 0.05) is 55.9 Å². The highest BCUT2D eigenvalue weighted by atomic mass is 127. The molecule has 2 heterocycles. The topological polar surface area (TPSA) is 55.5 Å². The zero-order valence-electron chi connectivity index (χ0n) is 17.0. The standard InChI is InChI=1S/C21H33N5.HI/c1-5-22-21(25-20-14-26(15(2)3)13-16(20)4)23-11-10-18-12-17-8-6-7-9-19(17)24-18;/h6-9,12,15-16,20,24H,5,10-11,13-14H2,1-4H3,(H2,22,23,25);1H. The number of fused-ring (bicyclic) bond motifs is 1. The van der Waals surface area contributed by atoms with E-state index in [2.05, 4.69) is 78.5 Å². The Labute approximate surface area is 180 Å². The number of benzene rings is 1. The Morgan fingerprint density at radius 3 is 2.74 bits per heavy atom. The summed E-state index contributed by atoms with van der Waals surface area (Å²) in [6.45, 7) is 12.9. The van der Waals surface area contributed by atoms with Crippen LogP contribution in [-0.2, 0) is 6.42 Å². The van der Waals surface area contributed by atoms with Gasteiger partial charge in [-0.3, -0.25) is 9.89 Å². The van der Waals surface area contributed by atoms with Gasteiger partial charge in [-0.2, -0.15) is 0 Å². The van der Waals surface area contributed by atoms with E-state index in [-0.39, 0.29) is 24.0 Å². The van der Waals surface area contributed by atoms with Crippen molar-refractivity contribution in [1.82, 2.24) is 20.5 Å². The van der Waals surface area contributed by atoms with E-state index in [1.54, 1.807) is 0 Å². The summed E-state index contributed by atoms with van der Waals surface area (Å²) >= 11 is 0. The molecule has 5 nitrogen and oxygen atoms in total. The van der Waals surface area contributed by atoms with Crippen molar-refractivity contribution in [1.29, 1.82) is 0 Å². The lowest BCUT2D eigenvalue weighted by Gasteiger charge is -2.21. The number of hydrogen-bond donors (Lipinski definition) is 3. The fraction of sp³-hybridized carbons (Fsp3) is 0.571. The summed E-state index contributed by atoms with van der Waals surface area (Å²) in [5, 5.41) is 8.32. The van der Waals surface area contributed by atoms with Crippen molar-refractivity contribution in [2.45, 2.75) is 46.2 Å². The number of aliphatic imine (C=N–C) groups is 1. The van der Waals surface area contributed by atoms with Gasteiger partial charge in [0.1, 0.15) is 0 Å². The number of aromatic amines is 1. The summed E-state index contributed by atoms with van der Waals surface area (Å²) in [5.74, 6) is 1.57. The Morgan fingerprint density at radius 1 is 1.30 bits per heavy atom. The first-order valence-electron chi connectivity index (χ1n) is 9.92. The maximum Gasteiger partial charge on any atom is 0.191 e. The van der Waals surface area contributed by atoms with Crippen LogP contribution in [0.2, 0.25) is 0 Å². The summed E-state index contributed by atoms with van der Waals surface area (Å²) in [6, 6.07) is 11.7. The molecule has 27 heavy (non-hydrogen) atoms. The van der Waals surface area contributed by atoms with Crippen LogP contribution in [0.5, 0.6) is 0 Å². The number of nitrogens with zero attached hydrogens (tertiary/aromatic N) is 2. The number of guanidine groups is 1. The van der Waals surface area contributed by atoms with Gasteiger partial charge in [0.15, 0.2) is 5.96 Å². The molecule has 0 aliphatic carbocycles. The highest BCUT2D eigenvalue weighted by molar-refractivity contribution is 14.0. The minimum Gasteiger partial charge on any atom is -0.358 e. The van der Waals surface area contributed by atoms with Gasteiger partial charge in [-0.25, -0.2) is 0 Å². The molecule has 150 valence electrons. The molecule has 1 aromatic heterocycles. The van der Waals surface area contributed by atoms with Crippen molar-refractivity contribution < 1.29 is 0 Å². The third-order valence-electron chi connectivity index (χ3n) is 5.27. The van der Waals surface area contributed by atoms with Crippen LogP contribution in [0.4, 0.5) is 0 Å². The van der Waals surface area contributed by atoms with Crippen molar-refractivity contribution >= 4 is 40.8 Å². The molecule has 2 unspecified atom stereocenters. The molecule has 0 amide bonds. The van der Waals surface area contributed by atoms with Crippen LogP contribution in [0, 0.1) is 5.92 Å². The van der Waals surface area contributed by atoms with Crippen LogP contribution in [0.25, 0.3) is 10.9 Å². The smallest absolute Gasteiger partial charge is 0.191 e. The van der Waals surface area contributed by atoms with Crippen LogP contribution in [-0.4, -0.2) is 54.1 Å². The van der Waals surface area contributed by atoms with Crippen LogP contribution in [0.15, 0.2) is 35.3 Å². The summed E-state index contributed by atoms with van der Waals surface area (Å²) in [7, 11) is 0. The van der Waals surface area contributed by atoms with Gasteiger partial charge in [-0.05, 0) is 44.2 Å². The molecule has 1 saturated heterocycles. The van der Waals surface area contributed by atoms with E-state index in [4.69, 9.17) is 4.99 Å². The Hall–Kier alpha value is -1.28. The van der Waals surface area contributed by atoms with Crippen molar-refractivity contribution in [2.75, 3.05) is 26.2 Å². The Kier molecular flexibility index (Phi) is 8.41. The highest BCUT2D eigenvalue weighted by Gasteiger charge is 2.31. The molecule has 0 spiro atoms. The first-order chi connectivity index (χ1) is 12.6. The second kappa shape index (κ2) is 10.3. The number of likely N-dealkylation sites (tertiary alicyclic amines) is 1. The molecular formula is C21H34IN5. The quantitative estimate of drug-likeness (QED) is 0.334. The van der Waals surface area contributed by atoms with E-state index >= 15 is 0 Å². The highest BCUT2D eigenvalue weighted by Crippen LogP contribution is 2.18. The monoisotopic (exact) mass is 483 g/mol. The van der Waals surface area contributed by atoms with Crippen molar-refractivity contribution in [2.24, 2.45) is 10.9 Å². The zero-order valence-corrected chi connectivity index (χ0v) is 19.3. The Morgan fingerprint density at radius 2 is 2.07 bits per heavy atom. The lowest BCUT2D eigenvalue weighted by atomic mass is 10.1. The lowest BCUT2D eigenvalue weighted by molar-refractivity contribution is 0.265. The molecule has 1 aromatic carbocycles. The number of H-pyrrole nitrogens is 1. The number of hydrogen-bond acceptors (Lipinski definition) is 2. The number of para-hydroxylation sites is 1. The van der Waals surface area contributed by atoms with Gasteiger partial charge in [0.25, 0.3) is 0 Å². The maximum atomic E-state index is 4.80. The van der Waals surface area contributed by atoms with Gasteiger partial charge in [-0.1, -0.05) is 25.1 Å². The van der Waals surface area contributed by atoms with Crippen LogP contribution < -0.4 is 10.6 Å². The van der Waals surface area contributed by atoms with Crippen molar-refractivity contribution in [3.8, 4) is 0 Å². The van der Waals surface area contributed by atoms with Gasteiger partial charge >= 0.3 is 0 Å². The minimum absolute atomic E-state index is 0. The van der Waals surface area contributed by atoms with E-state index in [9.17, 15) is 0 Å². The maximum absolute atomic E-state index is 4.80. The second-order valence-electron chi connectivity index (χ2n) is 7.67. The van der Waals surface area contributed by atoms with E-state index < -0.39 is 0 Å². The summed E-state index contributed by atoms with van der Waals surface area (Å²) in [6.07, 6.45) is 0.920. The molecule has 2 aromatic rings. The molecule has 3 N–H and O–H groups in total. The molecule has 2 atom stereocenters. The Balaban J connectivity index is 0.00000261. The molecule has 1 aliphatic heterocycles. The van der Waals surface area contributed by atoms with E-state index in [1.807, 2.05) is 0 Å². The summed E-state index contributed by atoms with van der Waals surface area (Å²) in [4.78, 5) is 10.8. The van der Waals surface area contributed by atoms with E-state index in [1.165, 1.54) is 16.6 Å². The first-order valence-corrected chi connectivity index (χ1v) is 9.92. The van der Waals surface area contributed by atoms with E-state index in [0.29, 0.717) is 18.0 Å². The third-order valence-corrected chi connectivity index (χ3v) is 5.27. The fourth-order valence-electron chi connectivity index (χ4n) is 3.67. The average molecular weight is 483 g/mol. The SMILES string of the molecule is CCNC(=NCCc1cc2ccccc2[nH]1)NC1CN(C(C)C)CC1C.I. The number of nitrogens with one attached hydrogen (secondary N) is 3. The van der Waals surface area contributed by atoms with Gasteiger partial charge in [0.05, 0.1) is 0 Å². The number of halogens is 1. The molecule has 1 fully saturated rings. The van der Waals surface area contributed by atoms with Crippen LogP contribution in [0.1, 0.15) is 33.4 Å². The van der Waals surface area contributed by atoms with Crippen molar-refractivity contribution in [3.05, 3.63) is 36.0 Å². The van der Waals surface area contributed by atoms with E-state index in [0.717, 1.165) is 38.6 Å². The van der Waals surface area contributed by atoms with Crippen molar-refractivity contribution in [3.63, 3.8) is 0 Å². The zero-order chi connectivity index (χ0) is 18.5. The van der Waals surface area contributed by atoms with Gasteiger partial charge in [0.2, 0.25) is 0 Å². The minimum atomic E-state index is 0. The average Bonchev–Trinajstić information content (AvgIpc) is 3.18. The predicted molar refractivity (Wildman–Crippen MR) is 126 cm³/mol. The van der Waals surface area contributed by atoms with Gasteiger partial charge < -0.3 is 15.6 Å².